The van der Waals surface area contributed by atoms with Crippen molar-refractivity contribution in [2.24, 2.45) is 0 Å². The van der Waals surface area contributed by atoms with Crippen molar-refractivity contribution in [3.05, 3.63) is 78.9 Å². The first-order valence-electron chi connectivity index (χ1n) is 8.07. The Morgan fingerprint density at radius 3 is 2.29 bits per heavy atom. The molecule has 113 valence electrons. The summed E-state index contributed by atoms with van der Waals surface area (Å²) < 4.78 is 0. The number of fused-ring (bicyclic) bond motifs is 1. The van der Waals surface area contributed by atoms with Gasteiger partial charge in [-0.1, -0.05) is 85.1 Å². The quantitative estimate of drug-likeness (QED) is 0.526. The van der Waals surface area contributed by atoms with Gasteiger partial charge in [-0.25, -0.2) is 9.97 Å². The van der Waals surface area contributed by atoms with Crippen molar-refractivity contribution in [1.82, 2.24) is 9.97 Å². The molecule has 0 spiro atoms. The Morgan fingerprint density at radius 1 is 0.708 bits per heavy atom. The number of hydrogen-bond donors (Lipinski definition) is 0. The van der Waals surface area contributed by atoms with Crippen LogP contribution in [0.2, 0.25) is 6.82 Å². The second-order valence-electron chi connectivity index (χ2n) is 5.69. The van der Waals surface area contributed by atoms with Crippen LogP contribution in [0.25, 0.3) is 33.5 Å². The van der Waals surface area contributed by atoms with Crippen LogP contribution in [0.4, 0.5) is 0 Å². The lowest BCUT2D eigenvalue weighted by Gasteiger charge is -2.10. The van der Waals surface area contributed by atoms with E-state index in [0.29, 0.717) is 0 Å². The third-order valence-corrected chi connectivity index (χ3v) is 4.13. The van der Waals surface area contributed by atoms with E-state index in [-0.39, 0.29) is 0 Å². The molecule has 0 unspecified atom stereocenters. The van der Waals surface area contributed by atoms with Crippen LogP contribution in [0.3, 0.4) is 0 Å². The Bertz CT molecular complexity index is 997. The predicted molar refractivity (Wildman–Crippen MR) is 102 cm³/mol. The Hall–Kier alpha value is -2.94. The van der Waals surface area contributed by atoms with E-state index >= 15 is 0 Å². The van der Waals surface area contributed by atoms with Crippen LogP contribution in [0.1, 0.15) is 0 Å². The average Bonchev–Trinajstić information content (AvgIpc) is 2.68. The van der Waals surface area contributed by atoms with Gasteiger partial charge in [0.1, 0.15) is 7.28 Å². The highest BCUT2D eigenvalue weighted by molar-refractivity contribution is 6.52. The van der Waals surface area contributed by atoms with E-state index in [1.54, 1.807) is 0 Å². The summed E-state index contributed by atoms with van der Waals surface area (Å²) in [5.41, 5.74) is 5.25. The lowest BCUT2D eigenvalue weighted by Crippen LogP contribution is -2.10. The second-order valence-corrected chi connectivity index (χ2v) is 5.69. The maximum absolute atomic E-state index is 4.89. The van der Waals surface area contributed by atoms with Crippen molar-refractivity contribution in [1.29, 1.82) is 0 Å². The zero-order chi connectivity index (χ0) is 16.4. The summed E-state index contributed by atoms with van der Waals surface area (Å²) >= 11 is 0. The number of aromatic nitrogens is 2. The van der Waals surface area contributed by atoms with E-state index in [2.05, 4.69) is 43.7 Å². The largest absolute Gasteiger partial charge is 0.228 e. The lowest BCUT2D eigenvalue weighted by molar-refractivity contribution is 1.23. The van der Waals surface area contributed by atoms with Crippen molar-refractivity contribution in [2.45, 2.75) is 6.82 Å². The van der Waals surface area contributed by atoms with Crippen LogP contribution in [0.15, 0.2) is 78.9 Å². The number of para-hydroxylation sites is 1. The van der Waals surface area contributed by atoms with Gasteiger partial charge < -0.3 is 0 Å². The Balaban J connectivity index is 1.98. The summed E-state index contributed by atoms with van der Waals surface area (Å²) in [5.74, 6) is 0.760. The topological polar surface area (TPSA) is 25.8 Å². The van der Waals surface area contributed by atoms with Gasteiger partial charge in [-0.3, -0.25) is 0 Å². The molecule has 0 aliphatic carbocycles. The first kappa shape index (κ1) is 14.6. The molecule has 4 aromatic rings. The minimum Gasteiger partial charge on any atom is -0.228 e. The van der Waals surface area contributed by atoms with Gasteiger partial charge in [-0.05, 0) is 6.07 Å². The summed E-state index contributed by atoms with van der Waals surface area (Å²) in [4.78, 5) is 9.67. The van der Waals surface area contributed by atoms with E-state index in [1.807, 2.05) is 49.3 Å². The van der Waals surface area contributed by atoms with Crippen LogP contribution in [-0.4, -0.2) is 17.2 Å². The molecular weight excluding hydrogens is 291 g/mol. The lowest BCUT2D eigenvalue weighted by atomic mass is 9.73. The van der Waals surface area contributed by atoms with Crippen molar-refractivity contribution in [3.8, 4) is 22.6 Å². The maximum atomic E-state index is 4.89. The molecule has 1 radical (unpaired) electrons. The van der Waals surface area contributed by atoms with Crippen LogP contribution in [0, 0.1) is 0 Å². The van der Waals surface area contributed by atoms with Gasteiger partial charge in [0.05, 0.1) is 11.2 Å². The zero-order valence-corrected chi connectivity index (χ0v) is 13.5. The number of benzene rings is 3. The van der Waals surface area contributed by atoms with E-state index in [9.17, 15) is 0 Å². The fraction of sp³-hybridized carbons (Fsp3) is 0.0476. The first-order valence-corrected chi connectivity index (χ1v) is 8.07. The number of nitrogens with zero attached hydrogens (tertiary/aromatic N) is 2. The van der Waals surface area contributed by atoms with Crippen LogP contribution < -0.4 is 5.46 Å². The molecule has 1 heterocycles. The van der Waals surface area contributed by atoms with E-state index < -0.39 is 0 Å². The molecule has 0 bridgehead atoms. The van der Waals surface area contributed by atoms with Gasteiger partial charge in [0.15, 0.2) is 5.82 Å². The molecule has 0 amide bonds. The van der Waals surface area contributed by atoms with Crippen molar-refractivity contribution >= 4 is 23.6 Å². The normalized spacial score (nSPS) is 10.7. The summed E-state index contributed by atoms with van der Waals surface area (Å²) in [6, 6.07) is 26.8. The molecule has 0 aliphatic heterocycles. The molecule has 4 rings (SSSR count). The standard InChI is InChI=1S/C21H16BN2/c1-22-17-11-7-10-16(14-17)21-23-19-13-6-5-12-18(19)20(24-21)15-8-3-2-4-9-15/h2-14H,1H3. The molecule has 0 fully saturated rings. The summed E-state index contributed by atoms with van der Waals surface area (Å²) in [6.45, 7) is 2.04. The molecule has 1 aromatic heterocycles. The summed E-state index contributed by atoms with van der Waals surface area (Å²) in [5, 5.41) is 1.07. The SMILES string of the molecule is C[B]c1cccc(-c2nc(-c3ccccc3)c3ccccc3n2)c1. The van der Waals surface area contributed by atoms with Crippen molar-refractivity contribution in [2.75, 3.05) is 0 Å². The first-order chi connectivity index (χ1) is 11.8. The fourth-order valence-electron chi connectivity index (χ4n) is 2.88. The zero-order valence-electron chi connectivity index (χ0n) is 13.5. The van der Waals surface area contributed by atoms with E-state index in [1.165, 1.54) is 5.46 Å². The molecule has 24 heavy (non-hydrogen) atoms. The van der Waals surface area contributed by atoms with Crippen LogP contribution in [0.5, 0.6) is 0 Å². The molecule has 3 heteroatoms. The van der Waals surface area contributed by atoms with E-state index in [4.69, 9.17) is 9.97 Å². The van der Waals surface area contributed by atoms with Gasteiger partial charge in [0, 0.05) is 16.5 Å². The van der Waals surface area contributed by atoms with Gasteiger partial charge in [-0.15, -0.1) is 0 Å². The molecule has 0 aliphatic rings. The molecule has 0 saturated carbocycles. The number of hydrogen-bond acceptors (Lipinski definition) is 2. The molecule has 0 saturated heterocycles. The third-order valence-electron chi connectivity index (χ3n) is 4.13. The average molecular weight is 307 g/mol. The maximum Gasteiger partial charge on any atom is 0.160 e. The van der Waals surface area contributed by atoms with Crippen LogP contribution in [-0.2, 0) is 0 Å². The Morgan fingerprint density at radius 2 is 1.46 bits per heavy atom. The molecule has 3 aromatic carbocycles. The highest BCUT2D eigenvalue weighted by Gasteiger charge is 2.11. The van der Waals surface area contributed by atoms with Gasteiger partial charge in [0.25, 0.3) is 0 Å². The second kappa shape index (κ2) is 6.28. The summed E-state index contributed by atoms with van der Waals surface area (Å²) in [7, 11) is 2.09. The molecular formula is C21H16BN2. The minimum atomic E-state index is 0.760. The van der Waals surface area contributed by atoms with Crippen LogP contribution >= 0.6 is 0 Å². The van der Waals surface area contributed by atoms with Gasteiger partial charge in [-0.2, -0.15) is 0 Å². The van der Waals surface area contributed by atoms with Crippen molar-refractivity contribution < 1.29 is 0 Å². The summed E-state index contributed by atoms with van der Waals surface area (Å²) in [6.07, 6.45) is 0. The predicted octanol–water partition coefficient (Wildman–Crippen LogP) is 4.34. The Kier molecular flexibility index (Phi) is 3.83. The third kappa shape index (κ3) is 2.69. The highest BCUT2D eigenvalue weighted by atomic mass is 14.9. The molecule has 0 N–H and O–H groups in total. The Labute approximate surface area is 142 Å². The minimum absolute atomic E-state index is 0.760. The van der Waals surface area contributed by atoms with Crippen molar-refractivity contribution in [3.63, 3.8) is 0 Å². The van der Waals surface area contributed by atoms with E-state index in [0.717, 1.165) is 33.5 Å². The smallest absolute Gasteiger partial charge is 0.160 e. The fourth-order valence-corrected chi connectivity index (χ4v) is 2.88. The number of rotatable bonds is 3. The molecule has 0 atom stereocenters. The highest BCUT2D eigenvalue weighted by Crippen LogP contribution is 2.28. The van der Waals surface area contributed by atoms with Gasteiger partial charge >= 0.3 is 0 Å². The molecule has 2 nitrogen and oxygen atoms in total. The monoisotopic (exact) mass is 307 g/mol. The van der Waals surface area contributed by atoms with Gasteiger partial charge in [0.2, 0.25) is 0 Å².